The number of thiophene rings is 1. The molecule has 0 saturated heterocycles. The molecule has 1 rings (SSSR count). The SMILES string of the molecule is CCSCC(C)NC(=O)c1sccc1/C=C/C(=O)O. The fourth-order valence-electron chi connectivity index (χ4n) is 1.42. The zero-order chi connectivity index (χ0) is 14.3. The molecule has 104 valence electrons. The van der Waals surface area contributed by atoms with Gasteiger partial charge in [0.25, 0.3) is 5.91 Å². The summed E-state index contributed by atoms with van der Waals surface area (Å²) < 4.78 is 0. The number of carboxylic acids is 1. The highest BCUT2D eigenvalue weighted by atomic mass is 32.2. The van der Waals surface area contributed by atoms with Crippen molar-refractivity contribution < 1.29 is 14.7 Å². The highest BCUT2D eigenvalue weighted by Crippen LogP contribution is 2.18. The fourth-order valence-corrected chi connectivity index (χ4v) is 2.88. The molecule has 1 amide bonds. The van der Waals surface area contributed by atoms with E-state index in [1.807, 2.05) is 6.92 Å². The molecule has 6 heteroatoms. The highest BCUT2D eigenvalue weighted by molar-refractivity contribution is 7.99. The molecule has 0 aliphatic heterocycles. The zero-order valence-corrected chi connectivity index (χ0v) is 12.5. The minimum absolute atomic E-state index is 0.0934. The first kappa shape index (κ1) is 15.8. The number of carbonyl (C=O) groups is 2. The predicted molar refractivity (Wildman–Crippen MR) is 80.9 cm³/mol. The van der Waals surface area contributed by atoms with Gasteiger partial charge in [-0.2, -0.15) is 11.8 Å². The Morgan fingerprint density at radius 3 is 2.95 bits per heavy atom. The Hall–Kier alpha value is -1.27. The third-order valence-corrected chi connectivity index (χ3v) is 4.33. The molecule has 4 nitrogen and oxygen atoms in total. The van der Waals surface area contributed by atoms with Crippen LogP contribution in [0.1, 0.15) is 29.1 Å². The minimum atomic E-state index is -1.02. The van der Waals surface area contributed by atoms with Gasteiger partial charge in [0.2, 0.25) is 0 Å². The van der Waals surface area contributed by atoms with E-state index in [2.05, 4.69) is 12.2 Å². The Balaban J connectivity index is 2.67. The lowest BCUT2D eigenvalue weighted by molar-refractivity contribution is -0.131. The molecule has 0 radical (unpaired) electrons. The summed E-state index contributed by atoms with van der Waals surface area (Å²) in [6.45, 7) is 4.04. The largest absolute Gasteiger partial charge is 0.478 e. The van der Waals surface area contributed by atoms with E-state index in [1.54, 1.807) is 23.2 Å². The van der Waals surface area contributed by atoms with Gasteiger partial charge in [0.15, 0.2) is 0 Å². The topological polar surface area (TPSA) is 66.4 Å². The molecule has 0 fully saturated rings. The Morgan fingerprint density at radius 2 is 2.32 bits per heavy atom. The molecular weight excluding hydrogens is 282 g/mol. The number of hydrogen-bond acceptors (Lipinski definition) is 4. The predicted octanol–water partition coefficient (Wildman–Crippen LogP) is 2.72. The molecule has 0 spiro atoms. The van der Waals surface area contributed by atoms with E-state index in [0.29, 0.717) is 10.4 Å². The van der Waals surface area contributed by atoms with Gasteiger partial charge in [0.1, 0.15) is 0 Å². The molecule has 1 aromatic heterocycles. The van der Waals surface area contributed by atoms with Crippen molar-refractivity contribution in [2.24, 2.45) is 0 Å². The maximum atomic E-state index is 12.1. The summed E-state index contributed by atoms with van der Waals surface area (Å²) in [5.74, 6) is 0.717. The van der Waals surface area contributed by atoms with Crippen LogP contribution in [0.25, 0.3) is 6.08 Å². The number of amides is 1. The average Bonchev–Trinajstić information content (AvgIpc) is 2.82. The van der Waals surface area contributed by atoms with Crippen LogP contribution in [0.3, 0.4) is 0 Å². The second kappa shape index (κ2) is 8.01. The number of nitrogens with one attached hydrogen (secondary N) is 1. The first-order chi connectivity index (χ1) is 9.04. The van der Waals surface area contributed by atoms with Crippen molar-refractivity contribution in [3.05, 3.63) is 28.0 Å². The summed E-state index contributed by atoms with van der Waals surface area (Å²) in [7, 11) is 0. The lowest BCUT2D eigenvalue weighted by Gasteiger charge is -2.12. The van der Waals surface area contributed by atoms with Crippen molar-refractivity contribution in [1.82, 2.24) is 5.32 Å². The molecule has 2 N–H and O–H groups in total. The van der Waals surface area contributed by atoms with Crippen molar-refractivity contribution >= 4 is 41.1 Å². The molecule has 0 aliphatic rings. The standard InChI is InChI=1S/C13H17NO3S2/c1-3-18-8-9(2)14-13(17)12-10(6-7-19-12)4-5-11(15)16/h4-7,9H,3,8H2,1-2H3,(H,14,17)(H,15,16)/b5-4+. The van der Waals surface area contributed by atoms with E-state index in [0.717, 1.165) is 17.6 Å². The van der Waals surface area contributed by atoms with Crippen LogP contribution in [-0.4, -0.2) is 34.5 Å². The van der Waals surface area contributed by atoms with E-state index in [9.17, 15) is 9.59 Å². The molecule has 0 aliphatic carbocycles. The number of aliphatic carboxylic acids is 1. The Labute approximate surface area is 120 Å². The third kappa shape index (κ3) is 5.48. The van der Waals surface area contributed by atoms with Gasteiger partial charge in [-0.05, 0) is 35.8 Å². The van der Waals surface area contributed by atoms with Crippen molar-refractivity contribution in [2.45, 2.75) is 19.9 Å². The van der Waals surface area contributed by atoms with E-state index < -0.39 is 5.97 Å². The van der Waals surface area contributed by atoms with Crippen molar-refractivity contribution in [2.75, 3.05) is 11.5 Å². The Morgan fingerprint density at radius 1 is 1.58 bits per heavy atom. The molecular formula is C13H17NO3S2. The molecule has 0 aromatic carbocycles. The number of carboxylic acid groups (broad SMARTS) is 1. The van der Waals surface area contributed by atoms with E-state index in [4.69, 9.17) is 5.11 Å². The molecule has 1 aromatic rings. The maximum absolute atomic E-state index is 12.1. The summed E-state index contributed by atoms with van der Waals surface area (Å²) in [6.07, 6.45) is 2.48. The summed E-state index contributed by atoms with van der Waals surface area (Å²) >= 11 is 3.08. The van der Waals surface area contributed by atoms with E-state index in [1.165, 1.54) is 17.4 Å². The molecule has 1 heterocycles. The molecule has 1 unspecified atom stereocenters. The van der Waals surface area contributed by atoms with Crippen LogP contribution in [-0.2, 0) is 4.79 Å². The Kier molecular flexibility index (Phi) is 6.66. The summed E-state index contributed by atoms with van der Waals surface area (Å²) in [6, 6.07) is 1.83. The van der Waals surface area contributed by atoms with Crippen LogP contribution >= 0.6 is 23.1 Å². The minimum Gasteiger partial charge on any atom is -0.478 e. The van der Waals surface area contributed by atoms with Crippen LogP contribution in [0.5, 0.6) is 0 Å². The van der Waals surface area contributed by atoms with Gasteiger partial charge in [-0.25, -0.2) is 4.79 Å². The smallest absolute Gasteiger partial charge is 0.328 e. The highest BCUT2D eigenvalue weighted by Gasteiger charge is 2.14. The molecule has 1 atom stereocenters. The van der Waals surface area contributed by atoms with Crippen LogP contribution in [0.2, 0.25) is 0 Å². The van der Waals surface area contributed by atoms with Gasteiger partial charge >= 0.3 is 5.97 Å². The first-order valence-electron chi connectivity index (χ1n) is 5.91. The summed E-state index contributed by atoms with van der Waals surface area (Å²) in [5.41, 5.74) is 0.639. The van der Waals surface area contributed by atoms with Gasteiger partial charge in [-0.1, -0.05) is 6.92 Å². The number of carbonyl (C=O) groups excluding carboxylic acids is 1. The van der Waals surface area contributed by atoms with Crippen molar-refractivity contribution in [1.29, 1.82) is 0 Å². The fraction of sp³-hybridized carbons (Fsp3) is 0.385. The zero-order valence-electron chi connectivity index (χ0n) is 10.9. The number of hydrogen-bond donors (Lipinski definition) is 2. The molecule has 0 saturated carbocycles. The number of rotatable bonds is 7. The van der Waals surface area contributed by atoms with Crippen LogP contribution in [0.4, 0.5) is 0 Å². The van der Waals surface area contributed by atoms with Crippen LogP contribution in [0.15, 0.2) is 17.5 Å². The Bertz CT molecular complexity index is 468. The van der Waals surface area contributed by atoms with Crippen LogP contribution in [0, 0.1) is 0 Å². The lowest BCUT2D eigenvalue weighted by atomic mass is 10.2. The van der Waals surface area contributed by atoms with Gasteiger partial charge in [0.05, 0.1) is 4.88 Å². The van der Waals surface area contributed by atoms with E-state index >= 15 is 0 Å². The van der Waals surface area contributed by atoms with Gasteiger partial charge in [-0.3, -0.25) is 4.79 Å². The average molecular weight is 299 g/mol. The number of thioether (sulfide) groups is 1. The van der Waals surface area contributed by atoms with Gasteiger partial charge in [-0.15, -0.1) is 11.3 Å². The molecule has 0 bridgehead atoms. The van der Waals surface area contributed by atoms with Crippen LogP contribution < -0.4 is 5.32 Å². The summed E-state index contributed by atoms with van der Waals surface area (Å²) in [5, 5.41) is 13.3. The lowest BCUT2D eigenvalue weighted by Crippen LogP contribution is -2.34. The summed E-state index contributed by atoms with van der Waals surface area (Å²) in [4.78, 5) is 23.1. The maximum Gasteiger partial charge on any atom is 0.328 e. The van der Waals surface area contributed by atoms with Crippen molar-refractivity contribution in [3.8, 4) is 0 Å². The monoisotopic (exact) mass is 299 g/mol. The van der Waals surface area contributed by atoms with Crippen molar-refractivity contribution in [3.63, 3.8) is 0 Å². The quantitative estimate of drug-likeness (QED) is 0.760. The van der Waals surface area contributed by atoms with Gasteiger partial charge in [0, 0.05) is 17.9 Å². The normalized spacial score (nSPS) is 12.5. The second-order valence-electron chi connectivity index (χ2n) is 3.91. The third-order valence-electron chi connectivity index (χ3n) is 2.26. The van der Waals surface area contributed by atoms with E-state index in [-0.39, 0.29) is 11.9 Å². The van der Waals surface area contributed by atoms with Gasteiger partial charge < -0.3 is 10.4 Å². The molecule has 19 heavy (non-hydrogen) atoms. The second-order valence-corrected chi connectivity index (χ2v) is 6.15. The first-order valence-corrected chi connectivity index (χ1v) is 7.95.